The number of nitrogens with zero attached hydrogens (tertiary/aromatic N) is 1. The van der Waals surface area contributed by atoms with Gasteiger partial charge in [0.15, 0.2) is 0 Å². The van der Waals surface area contributed by atoms with Crippen LogP contribution in [0.1, 0.15) is 46.5 Å². The molecular formula is C11H21N. The largest absolute Gasteiger partial charge is 0.298 e. The fourth-order valence-electron chi connectivity index (χ4n) is 2.06. The second-order valence-electron chi connectivity index (χ2n) is 4.89. The second-order valence-corrected chi connectivity index (χ2v) is 4.89. The van der Waals surface area contributed by atoms with Crippen LogP contribution in [-0.2, 0) is 0 Å². The first kappa shape index (κ1) is 9.76. The van der Waals surface area contributed by atoms with E-state index in [4.69, 9.17) is 0 Å². The molecule has 1 nitrogen and oxygen atoms in total. The minimum Gasteiger partial charge on any atom is -0.298 e. The van der Waals surface area contributed by atoms with Gasteiger partial charge >= 0.3 is 0 Å². The molecule has 0 aromatic rings. The Kier molecular flexibility index (Phi) is 3.30. The van der Waals surface area contributed by atoms with Gasteiger partial charge in [-0.25, -0.2) is 0 Å². The van der Waals surface area contributed by atoms with Gasteiger partial charge in [0.25, 0.3) is 0 Å². The van der Waals surface area contributed by atoms with E-state index in [1.54, 1.807) is 0 Å². The van der Waals surface area contributed by atoms with E-state index in [1.807, 2.05) is 0 Å². The van der Waals surface area contributed by atoms with Gasteiger partial charge in [-0.1, -0.05) is 20.8 Å². The van der Waals surface area contributed by atoms with Crippen LogP contribution in [0.3, 0.4) is 0 Å². The first-order valence-electron chi connectivity index (χ1n) is 5.08. The van der Waals surface area contributed by atoms with Gasteiger partial charge in [-0.3, -0.25) is 4.99 Å². The standard InChI is InChI=1S/C11H21N/c1-10-5-4-7-12-8-6-11(2,3)9-10/h7,10H,4-6,8-9H2,1-3H3/b12-7-. The van der Waals surface area contributed by atoms with Crippen molar-refractivity contribution in [2.24, 2.45) is 16.3 Å². The Morgan fingerprint density at radius 2 is 2.17 bits per heavy atom. The molecule has 1 aliphatic rings. The Labute approximate surface area is 76.3 Å². The van der Waals surface area contributed by atoms with E-state index in [1.165, 1.54) is 25.7 Å². The summed E-state index contributed by atoms with van der Waals surface area (Å²) in [5.41, 5.74) is 0.501. The van der Waals surface area contributed by atoms with Gasteiger partial charge < -0.3 is 0 Å². The summed E-state index contributed by atoms with van der Waals surface area (Å²) in [5.74, 6) is 0.865. The maximum absolute atomic E-state index is 4.40. The van der Waals surface area contributed by atoms with Crippen molar-refractivity contribution in [2.75, 3.05) is 6.54 Å². The third kappa shape index (κ3) is 3.38. The number of rotatable bonds is 0. The van der Waals surface area contributed by atoms with Crippen LogP contribution < -0.4 is 0 Å². The van der Waals surface area contributed by atoms with Gasteiger partial charge in [0.2, 0.25) is 0 Å². The Morgan fingerprint density at radius 3 is 2.92 bits per heavy atom. The Balaban J connectivity index is 2.52. The summed E-state index contributed by atoms with van der Waals surface area (Å²) in [5, 5.41) is 0. The van der Waals surface area contributed by atoms with Gasteiger partial charge in [0.1, 0.15) is 0 Å². The van der Waals surface area contributed by atoms with Crippen molar-refractivity contribution in [3.8, 4) is 0 Å². The van der Waals surface area contributed by atoms with Gasteiger partial charge in [0.05, 0.1) is 0 Å². The van der Waals surface area contributed by atoms with Crippen molar-refractivity contribution >= 4 is 6.21 Å². The van der Waals surface area contributed by atoms with Crippen molar-refractivity contribution in [3.05, 3.63) is 0 Å². The lowest BCUT2D eigenvalue weighted by Gasteiger charge is -2.26. The lowest BCUT2D eigenvalue weighted by molar-refractivity contribution is 0.258. The summed E-state index contributed by atoms with van der Waals surface area (Å²) in [7, 11) is 0. The van der Waals surface area contributed by atoms with Crippen LogP contribution in [0.25, 0.3) is 0 Å². The van der Waals surface area contributed by atoms with Crippen LogP contribution in [0.4, 0.5) is 0 Å². The molecule has 70 valence electrons. The molecule has 1 heterocycles. The smallest absolute Gasteiger partial charge is 0.0390 e. The molecule has 1 unspecified atom stereocenters. The summed E-state index contributed by atoms with van der Waals surface area (Å²) in [6.07, 6.45) is 7.20. The molecule has 0 fully saturated rings. The van der Waals surface area contributed by atoms with Crippen molar-refractivity contribution in [1.82, 2.24) is 0 Å². The van der Waals surface area contributed by atoms with Crippen LogP contribution in [-0.4, -0.2) is 12.8 Å². The quantitative estimate of drug-likeness (QED) is 0.525. The lowest BCUT2D eigenvalue weighted by Crippen LogP contribution is -2.16. The highest BCUT2D eigenvalue weighted by molar-refractivity contribution is 5.57. The fourth-order valence-corrected chi connectivity index (χ4v) is 2.06. The molecule has 0 aliphatic carbocycles. The minimum absolute atomic E-state index is 0.501. The highest BCUT2D eigenvalue weighted by Crippen LogP contribution is 2.31. The molecule has 1 aliphatic heterocycles. The molecule has 0 N–H and O–H groups in total. The van der Waals surface area contributed by atoms with E-state index in [-0.39, 0.29) is 0 Å². The third-order valence-corrected chi connectivity index (χ3v) is 2.74. The first-order chi connectivity index (χ1) is 5.60. The average molecular weight is 167 g/mol. The van der Waals surface area contributed by atoms with Crippen molar-refractivity contribution in [3.63, 3.8) is 0 Å². The third-order valence-electron chi connectivity index (χ3n) is 2.74. The normalized spacial score (nSPS) is 33.1. The number of hydrogen-bond acceptors (Lipinski definition) is 1. The molecule has 0 saturated heterocycles. The van der Waals surface area contributed by atoms with Crippen LogP contribution in [0.5, 0.6) is 0 Å². The van der Waals surface area contributed by atoms with Crippen molar-refractivity contribution < 1.29 is 0 Å². The molecule has 1 heteroatoms. The predicted molar refractivity (Wildman–Crippen MR) is 54.8 cm³/mol. The molecule has 0 spiro atoms. The van der Waals surface area contributed by atoms with E-state index < -0.39 is 0 Å². The summed E-state index contributed by atoms with van der Waals surface area (Å²) in [6, 6.07) is 0. The molecule has 1 rings (SSSR count). The minimum atomic E-state index is 0.501. The monoisotopic (exact) mass is 167 g/mol. The SMILES string of the molecule is CC1CC/C=N\CCC(C)(C)C1. The molecular weight excluding hydrogens is 146 g/mol. The molecule has 1 atom stereocenters. The zero-order valence-corrected chi connectivity index (χ0v) is 8.64. The zero-order chi connectivity index (χ0) is 9.03. The topological polar surface area (TPSA) is 12.4 Å². The fraction of sp³-hybridized carbons (Fsp3) is 0.909. The van der Waals surface area contributed by atoms with E-state index >= 15 is 0 Å². The summed E-state index contributed by atoms with van der Waals surface area (Å²) in [6.45, 7) is 8.12. The molecule has 0 aromatic heterocycles. The van der Waals surface area contributed by atoms with Gasteiger partial charge in [-0.05, 0) is 43.2 Å². The molecule has 0 saturated carbocycles. The van der Waals surface area contributed by atoms with E-state index in [0.29, 0.717) is 5.41 Å². The Bertz CT molecular complexity index is 158. The van der Waals surface area contributed by atoms with Gasteiger partial charge in [-0.15, -0.1) is 0 Å². The van der Waals surface area contributed by atoms with Gasteiger partial charge in [0, 0.05) is 6.54 Å². The Morgan fingerprint density at radius 1 is 1.42 bits per heavy atom. The second kappa shape index (κ2) is 4.06. The summed E-state index contributed by atoms with van der Waals surface area (Å²) >= 11 is 0. The maximum Gasteiger partial charge on any atom is 0.0390 e. The van der Waals surface area contributed by atoms with Crippen LogP contribution in [0.2, 0.25) is 0 Å². The summed E-state index contributed by atoms with van der Waals surface area (Å²) in [4.78, 5) is 4.40. The molecule has 0 amide bonds. The van der Waals surface area contributed by atoms with Gasteiger partial charge in [-0.2, -0.15) is 0 Å². The number of hydrogen-bond donors (Lipinski definition) is 0. The molecule has 0 radical (unpaired) electrons. The Hall–Kier alpha value is -0.330. The molecule has 12 heavy (non-hydrogen) atoms. The maximum atomic E-state index is 4.40. The van der Waals surface area contributed by atoms with Crippen LogP contribution in [0.15, 0.2) is 4.99 Å². The molecule has 0 aromatic carbocycles. The van der Waals surface area contributed by atoms with E-state index in [9.17, 15) is 0 Å². The average Bonchev–Trinajstić information content (AvgIpc) is 1.99. The lowest BCUT2D eigenvalue weighted by atomic mass is 9.80. The number of aliphatic imine (C=N–C) groups is 1. The van der Waals surface area contributed by atoms with Crippen LogP contribution in [0, 0.1) is 11.3 Å². The van der Waals surface area contributed by atoms with Crippen LogP contribution >= 0.6 is 0 Å². The van der Waals surface area contributed by atoms with E-state index in [2.05, 4.69) is 32.0 Å². The highest BCUT2D eigenvalue weighted by atomic mass is 14.7. The summed E-state index contributed by atoms with van der Waals surface area (Å²) < 4.78 is 0. The molecule has 0 bridgehead atoms. The van der Waals surface area contributed by atoms with Crippen molar-refractivity contribution in [2.45, 2.75) is 46.5 Å². The zero-order valence-electron chi connectivity index (χ0n) is 8.64. The van der Waals surface area contributed by atoms with Crippen molar-refractivity contribution in [1.29, 1.82) is 0 Å². The highest BCUT2D eigenvalue weighted by Gasteiger charge is 2.20. The predicted octanol–water partition coefficient (Wildman–Crippen LogP) is 3.29. The van der Waals surface area contributed by atoms with E-state index in [0.717, 1.165) is 12.5 Å². The first-order valence-corrected chi connectivity index (χ1v) is 5.08.